The highest BCUT2D eigenvalue weighted by Crippen LogP contribution is 2.23. The molecular formula is C20H20O3. The van der Waals surface area contributed by atoms with E-state index in [0.29, 0.717) is 6.42 Å². The average molecular weight is 308 g/mol. The Bertz CT molecular complexity index is 631. The summed E-state index contributed by atoms with van der Waals surface area (Å²) in [5.74, 6) is -0.647. The normalized spacial score (nSPS) is 9.96. The number of ketones is 1. The Morgan fingerprint density at radius 3 is 1.91 bits per heavy atom. The van der Waals surface area contributed by atoms with Crippen LogP contribution in [0.15, 0.2) is 66.7 Å². The van der Waals surface area contributed by atoms with Gasteiger partial charge < -0.3 is 4.74 Å². The van der Waals surface area contributed by atoms with Crippen molar-refractivity contribution in [2.45, 2.75) is 19.8 Å². The van der Waals surface area contributed by atoms with E-state index in [-0.39, 0.29) is 18.8 Å². The highest BCUT2D eigenvalue weighted by atomic mass is 16.5. The highest BCUT2D eigenvalue weighted by molar-refractivity contribution is 5.94. The number of benzene rings is 2. The number of rotatable bonds is 7. The summed E-state index contributed by atoms with van der Waals surface area (Å²) in [6, 6.07) is 20.2. The van der Waals surface area contributed by atoms with Crippen LogP contribution < -0.4 is 0 Å². The minimum Gasteiger partial charge on any atom is -0.465 e. The standard InChI is InChI=1S/C20H20O3/c1-16(21)15-20(22)23-14-8-13-19(17-9-4-2-5-10-17)18-11-6-3-7-12-18/h2-7,9-13H,8,14-15H2,1H3. The molecule has 0 aliphatic carbocycles. The molecule has 0 fully saturated rings. The summed E-state index contributed by atoms with van der Waals surface area (Å²) in [4.78, 5) is 22.2. The number of Topliss-reactive ketones (excluding diaryl/α,β-unsaturated/α-hetero) is 1. The second-order valence-corrected chi connectivity index (χ2v) is 5.24. The lowest BCUT2D eigenvalue weighted by Gasteiger charge is -2.09. The quantitative estimate of drug-likeness (QED) is 0.440. The first-order valence-corrected chi connectivity index (χ1v) is 7.63. The van der Waals surface area contributed by atoms with Crippen molar-refractivity contribution in [2.24, 2.45) is 0 Å². The zero-order chi connectivity index (χ0) is 16.5. The smallest absolute Gasteiger partial charge is 0.313 e. The molecule has 0 heterocycles. The Labute approximate surface area is 136 Å². The summed E-state index contributed by atoms with van der Waals surface area (Å²) < 4.78 is 5.07. The number of hydrogen-bond acceptors (Lipinski definition) is 3. The van der Waals surface area contributed by atoms with E-state index in [1.54, 1.807) is 0 Å². The minimum atomic E-state index is -0.466. The minimum absolute atomic E-state index is 0.159. The molecule has 0 aliphatic heterocycles. The van der Waals surface area contributed by atoms with Crippen LogP contribution in [-0.2, 0) is 14.3 Å². The number of carbonyl (C=O) groups excluding carboxylic acids is 2. The molecule has 0 atom stereocenters. The van der Waals surface area contributed by atoms with Crippen molar-refractivity contribution in [3.8, 4) is 0 Å². The molecule has 0 bridgehead atoms. The van der Waals surface area contributed by atoms with E-state index in [1.807, 2.05) is 36.4 Å². The monoisotopic (exact) mass is 308 g/mol. The Kier molecular flexibility index (Phi) is 6.30. The highest BCUT2D eigenvalue weighted by Gasteiger charge is 2.07. The Morgan fingerprint density at radius 1 is 0.913 bits per heavy atom. The Balaban J connectivity index is 2.06. The molecule has 2 rings (SSSR count). The molecule has 0 amide bonds. The van der Waals surface area contributed by atoms with Crippen molar-refractivity contribution >= 4 is 17.3 Å². The van der Waals surface area contributed by atoms with E-state index in [1.165, 1.54) is 6.92 Å². The van der Waals surface area contributed by atoms with Crippen LogP contribution in [0.3, 0.4) is 0 Å². The lowest BCUT2D eigenvalue weighted by Crippen LogP contribution is -2.09. The van der Waals surface area contributed by atoms with Crippen LogP contribution in [0.1, 0.15) is 30.9 Å². The topological polar surface area (TPSA) is 43.4 Å². The number of carbonyl (C=O) groups is 2. The van der Waals surface area contributed by atoms with E-state index < -0.39 is 5.97 Å². The van der Waals surface area contributed by atoms with Crippen LogP contribution in [0.2, 0.25) is 0 Å². The van der Waals surface area contributed by atoms with Gasteiger partial charge in [0.05, 0.1) is 6.61 Å². The summed E-state index contributed by atoms with van der Waals surface area (Å²) >= 11 is 0. The van der Waals surface area contributed by atoms with Crippen LogP contribution in [-0.4, -0.2) is 18.4 Å². The van der Waals surface area contributed by atoms with Crippen LogP contribution in [0, 0.1) is 0 Å². The molecule has 2 aromatic carbocycles. The molecule has 3 nitrogen and oxygen atoms in total. The average Bonchev–Trinajstić information content (AvgIpc) is 2.56. The van der Waals surface area contributed by atoms with Crippen molar-refractivity contribution in [1.82, 2.24) is 0 Å². The number of ether oxygens (including phenoxy) is 1. The first-order valence-electron chi connectivity index (χ1n) is 7.63. The van der Waals surface area contributed by atoms with Gasteiger partial charge in [-0.3, -0.25) is 9.59 Å². The summed E-state index contributed by atoms with van der Waals surface area (Å²) in [6.45, 7) is 1.65. The van der Waals surface area contributed by atoms with E-state index in [9.17, 15) is 9.59 Å². The third-order valence-corrected chi connectivity index (χ3v) is 3.29. The number of hydrogen-bond donors (Lipinski definition) is 0. The van der Waals surface area contributed by atoms with Gasteiger partial charge in [0.1, 0.15) is 12.2 Å². The van der Waals surface area contributed by atoms with Gasteiger partial charge in [0.2, 0.25) is 0 Å². The summed E-state index contributed by atoms with van der Waals surface area (Å²) in [6.07, 6.45) is 2.50. The summed E-state index contributed by atoms with van der Waals surface area (Å²) in [7, 11) is 0. The van der Waals surface area contributed by atoms with Gasteiger partial charge in [0.15, 0.2) is 0 Å². The molecule has 0 aromatic heterocycles. The SMILES string of the molecule is CC(=O)CC(=O)OCCC=C(c1ccccc1)c1ccccc1. The van der Waals surface area contributed by atoms with Crippen molar-refractivity contribution in [1.29, 1.82) is 0 Å². The van der Waals surface area contributed by atoms with E-state index in [2.05, 4.69) is 30.3 Å². The van der Waals surface area contributed by atoms with Crippen LogP contribution >= 0.6 is 0 Å². The molecule has 0 unspecified atom stereocenters. The molecule has 2 aromatic rings. The van der Waals surface area contributed by atoms with Crippen LogP contribution in [0.25, 0.3) is 5.57 Å². The van der Waals surface area contributed by atoms with Gasteiger partial charge in [-0.05, 0) is 23.6 Å². The molecule has 0 radical (unpaired) electrons. The largest absolute Gasteiger partial charge is 0.465 e. The maximum absolute atomic E-state index is 11.4. The predicted octanol–water partition coefficient (Wildman–Crippen LogP) is 4.03. The van der Waals surface area contributed by atoms with Crippen LogP contribution in [0.4, 0.5) is 0 Å². The predicted molar refractivity (Wildman–Crippen MR) is 90.8 cm³/mol. The molecule has 23 heavy (non-hydrogen) atoms. The first kappa shape index (κ1) is 16.7. The molecule has 0 N–H and O–H groups in total. The van der Waals surface area contributed by atoms with Gasteiger partial charge in [0.25, 0.3) is 0 Å². The van der Waals surface area contributed by atoms with E-state index >= 15 is 0 Å². The molecule has 0 saturated heterocycles. The summed E-state index contributed by atoms with van der Waals surface area (Å²) in [5, 5.41) is 0. The zero-order valence-electron chi connectivity index (χ0n) is 13.2. The third kappa shape index (κ3) is 5.55. The maximum Gasteiger partial charge on any atom is 0.313 e. The van der Waals surface area contributed by atoms with E-state index in [0.717, 1.165) is 16.7 Å². The molecule has 0 spiro atoms. The van der Waals surface area contributed by atoms with Gasteiger partial charge in [-0.1, -0.05) is 66.7 Å². The molecular weight excluding hydrogens is 288 g/mol. The first-order chi connectivity index (χ1) is 11.2. The van der Waals surface area contributed by atoms with Crippen LogP contribution in [0.5, 0.6) is 0 Å². The fourth-order valence-corrected chi connectivity index (χ4v) is 2.27. The fraction of sp³-hybridized carbons (Fsp3) is 0.200. The Morgan fingerprint density at radius 2 is 1.43 bits per heavy atom. The van der Waals surface area contributed by atoms with E-state index in [4.69, 9.17) is 4.74 Å². The van der Waals surface area contributed by atoms with Gasteiger partial charge >= 0.3 is 5.97 Å². The van der Waals surface area contributed by atoms with Crippen molar-refractivity contribution in [3.05, 3.63) is 77.9 Å². The van der Waals surface area contributed by atoms with Gasteiger partial charge in [-0.2, -0.15) is 0 Å². The second kappa shape index (κ2) is 8.69. The van der Waals surface area contributed by atoms with Crippen molar-refractivity contribution < 1.29 is 14.3 Å². The fourth-order valence-electron chi connectivity index (χ4n) is 2.27. The molecule has 118 valence electrons. The Hall–Kier alpha value is -2.68. The van der Waals surface area contributed by atoms with Crippen molar-refractivity contribution in [2.75, 3.05) is 6.61 Å². The van der Waals surface area contributed by atoms with Gasteiger partial charge in [0, 0.05) is 6.42 Å². The lowest BCUT2D eigenvalue weighted by atomic mass is 9.97. The molecule has 0 saturated carbocycles. The third-order valence-electron chi connectivity index (χ3n) is 3.29. The second-order valence-electron chi connectivity index (χ2n) is 5.24. The molecule has 0 aliphatic rings. The maximum atomic E-state index is 11.4. The zero-order valence-corrected chi connectivity index (χ0v) is 13.2. The number of esters is 1. The van der Waals surface area contributed by atoms with Crippen molar-refractivity contribution in [3.63, 3.8) is 0 Å². The molecule has 3 heteroatoms. The van der Waals surface area contributed by atoms with Gasteiger partial charge in [-0.25, -0.2) is 0 Å². The van der Waals surface area contributed by atoms with Gasteiger partial charge in [-0.15, -0.1) is 0 Å². The lowest BCUT2D eigenvalue weighted by molar-refractivity contribution is -0.145. The summed E-state index contributed by atoms with van der Waals surface area (Å²) in [5.41, 5.74) is 3.34.